The van der Waals surface area contributed by atoms with Crippen LogP contribution in [0.2, 0.25) is 0 Å². The van der Waals surface area contributed by atoms with Gasteiger partial charge in [0, 0.05) is 40.2 Å². The van der Waals surface area contributed by atoms with Gasteiger partial charge in [0.15, 0.2) is 11.0 Å². The van der Waals surface area contributed by atoms with E-state index in [1.54, 1.807) is 11.8 Å². The van der Waals surface area contributed by atoms with E-state index in [0.717, 1.165) is 34.0 Å². The largest absolute Gasteiger partial charge is 0.313 e. The molecule has 0 N–H and O–H groups in total. The number of Topliss-reactive ketones (excluding diaryl/α,β-unsaturated/α-hetero) is 1. The number of non-ortho nitro benzene ring substituents is 1. The van der Waals surface area contributed by atoms with Gasteiger partial charge in [0.05, 0.1) is 11.5 Å². The highest BCUT2D eigenvalue weighted by atomic mass is 79.9. The molecule has 1 aliphatic heterocycles. The smallest absolute Gasteiger partial charge is 0.269 e. The second-order valence-electron chi connectivity index (χ2n) is 5.66. The lowest BCUT2D eigenvalue weighted by Gasteiger charge is -2.27. The van der Waals surface area contributed by atoms with Gasteiger partial charge >= 0.3 is 0 Å². The summed E-state index contributed by atoms with van der Waals surface area (Å²) in [7, 11) is 0. The van der Waals surface area contributed by atoms with Gasteiger partial charge in [-0.15, -0.1) is 0 Å². The minimum Gasteiger partial charge on any atom is -0.313 e. The van der Waals surface area contributed by atoms with Crippen molar-refractivity contribution in [1.82, 2.24) is 0 Å². The summed E-state index contributed by atoms with van der Waals surface area (Å²) in [4.78, 5) is 29.5. The van der Waals surface area contributed by atoms with Gasteiger partial charge in [0.2, 0.25) is 0 Å². The van der Waals surface area contributed by atoms with Crippen molar-refractivity contribution in [2.75, 3.05) is 23.7 Å². The second kappa shape index (κ2) is 8.46. The molecule has 8 heteroatoms. The molecule has 0 amide bonds. The summed E-state index contributed by atoms with van der Waals surface area (Å²) < 4.78 is 0.959. The zero-order valence-corrected chi connectivity index (χ0v) is 16.2. The molecule has 0 atom stereocenters. The van der Waals surface area contributed by atoms with Crippen LogP contribution in [0.5, 0.6) is 0 Å². The molecule has 1 aliphatic rings. The topological polar surface area (TPSA) is 75.8 Å². The molecule has 0 saturated carbocycles. The minimum absolute atomic E-state index is 0.0291. The van der Waals surface area contributed by atoms with Crippen molar-refractivity contribution in [2.24, 2.45) is 4.99 Å². The maximum absolute atomic E-state index is 12.7. The highest BCUT2D eigenvalue weighted by Crippen LogP contribution is 2.25. The number of hydrogen-bond donors (Lipinski definition) is 0. The van der Waals surface area contributed by atoms with Crippen LogP contribution in [0, 0.1) is 10.1 Å². The number of carbonyl (C=O) groups is 1. The SMILES string of the molecule is O=C(CN(C1=NCCCS1)c1ccc(Br)cc1)c1ccc([N+](=O)[O-])cc1. The van der Waals surface area contributed by atoms with Crippen LogP contribution in [0.15, 0.2) is 58.0 Å². The van der Waals surface area contributed by atoms with E-state index >= 15 is 0 Å². The van der Waals surface area contributed by atoms with E-state index in [1.807, 2.05) is 29.2 Å². The fraction of sp³-hybridized carbons (Fsp3) is 0.222. The lowest BCUT2D eigenvalue weighted by molar-refractivity contribution is -0.384. The molecule has 134 valence electrons. The lowest BCUT2D eigenvalue weighted by atomic mass is 10.1. The Kier molecular flexibility index (Phi) is 6.05. The van der Waals surface area contributed by atoms with Gasteiger partial charge < -0.3 is 4.90 Å². The molecule has 0 bridgehead atoms. The van der Waals surface area contributed by atoms with Gasteiger partial charge in [0.25, 0.3) is 5.69 Å². The molecule has 0 fully saturated rings. The van der Waals surface area contributed by atoms with Gasteiger partial charge in [-0.3, -0.25) is 19.9 Å². The summed E-state index contributed by atoms with van der Waals surface area (Å²) in [5, 5.41) is 11.6. The van der Waals surface area contributed by atoms with E-state index in [9.17, 15) is 14.9 Å². The van der Waals surface area contributed by atoms with Crippen LogP contribution >= 0.6 is 27.7 Å². The molecule has 2 aromatic rings. The molecule has 0 aromatic heterocycles. The molecular formula is C18H16BrN3O3S. The number of nitro groups is 1. The number of ketones is 1. The number of anilines is 1. The van der Waals surface area contributed by atoms with E-state index in [4.69, 9.17) is 0 Å². The van der Waals surface area contributed by atoms with Crippen LogP contribution in [-0.4, -0.2) is 34.7 Å². The summed E-state index contributed by atoms with van der Waals surface area (Å²) in [5.41, 5.74) is 1.30. The highest BCUT2D eigenvalue weighted by molar-refractivity contribution is 9.10. The third-order valence-electron chi connectivity index (χ3n) is 3.85. The van der Waals surface area contributed by atoms with E-state index in [0.29, 0.717) is 5.56 Å². The number of carbonyl (C=O) groups excluding carboxylic acids is 1. The predicted molar refractivity (Wildman–Crippen MR) is 108 cm³/mol. The van der Waals surface area contributed by atoms with Gasteiger partial charge in [-0.25, -0.2) is 0 Å². The monoisotopic (exact) mass is 433 g/mol. The zero-order chi connectivity index (χ0) is 18.5. The molecule has 6 nitrogen and oxygen atoms in total. The first-order valence-corrected chi connectivity index (χ1v) is 9.80. The molecular weight excluding hydrogens is 418 g/mol. The third kappa shape index (κ3) is 4.50. The quantitative estimate of drug-likeness (QED) is 0.392. The van der Waals surface area contributed by atoms with Crippen LogP contribution < -0.4 is 4.90 Å². The van der Waals surface area contributed by atoms with Crippen molar-refractivity contribution in [2.45, 2.75) is 6.42 Å². The van der Waals surface area contributed by atoms with Gasteiger partial charge in [-0.1, -0.05) is 27.7 Å². The maximum Gasteiger partial charge on any atom is 0.269 e. The number of aliphatic imine (C=N–C) groups is 1. The Bertz CT molecular complexity index is 838. The average molecular weight is 434 g/mol. The summed E-state index contributed by atoms with van der Waals surface area (Å²) in [6.07, 6.45) is 1.03. The molecule has 0 radical (unpaired) electrons. The lowest BCUT2D eigenvalue weighted by Crippen LogP contribution is -2.35. The van der Waals surface area contributed by atoms with Crippen molar-refractivity contribution in [3.05, 3.63) is 68.7 Å². The maximum atomic E-state index is 12.7. The first kappa shape index (κ1) is 18.6. The zero-order valence-electron chi connectivity index (χ0n) is 13.8. The average Bonchev–Trinajstić information content (AvgIpc) is 2.67. The van der Waals surface area contributed by atoms with Crippen molar-refractivity contribution < 1.29 is 9.72 Å². The van der Waals surface area contributed by atoms with E-state index in [-0.39, 0.29) is 18.0 Å². The molecule has 2 aromatic carbocycles. The number of amidine groups is 1. The number of halogens is 1. The summed E-state index contributed by atoms with van der Waals surface area (Å²) >= 11 is 5.06. The normalized spacial score (nSPS) is 13.8. The Morgan fingerprint density at radius 1 is 1.19 bits per heavy atom. The number of nitro benzene ring substituents is 1. The number of hydrogen-bond acceptors (Lipinski definition) is 6. The molecule has 0 saturated heterocycles. The van der Waals surface area contributed by atoms with Gasteiger partial charge in [-0.05, 0) is 42.8 Å². The molecule has 1 heterocycles. The second-order valence-corrected chi connectivity index (χ2v) is 7.63. The van der Waals surface area contributed by atoms with E-state index in [2.05, 4.69) is 20.9 Å². The minimum atomic E-state index is -0.476. The molecule has 3 rings (SSSR count). The van der Waals surface area contributed by atoms with Crippen LogP contribution in [0.1, 0.15) is 16.8 Å². The van der Waals surface area contributed by atoms with Crippen molar-refractivity contribution in [1.29, 1.82) is 0 Å². The Morgan fingerprint density at radius 3 is 2.46 bits per heavy atom. The third-order valence-corrected chi connectivity index (χ3v) is 5.48. The van der Waals surface area contributed by atoms with Crippen LogP contribution in [0.25, 0.3) is 0 Å². The van der Waals surface area contributed by atoms with Crippen molar-refractivity contribution in [3.8, 4) is 0 Å². The summed E-state index contributed by atoms with van der Waals surface area (Å²) in [6.45, 7) is 0.881. The number of thioether (sulfide) groups is 1. The molecule has 0 spiro atoms. The number of benzene rings is 2. The Morgan fingerprint density at radius 2 is 1.88 bits per heavy atom. The molecule has 0 aliphatic carbocycles. The van der Waals surface area contributed by atoms with Gasteiger partial charge in [-0.2, -0.15) is 0 Å². The highest BCUT2D eigenvalue weighted by Gasteiger charge is 2.21. The number of rotatable bonds is 5. The number of nitrogens with zero attached hydrogens (tertiary/aromatic N) is 3. The first-order chi connectivity index (χ1) is 12.5. The standard InChI is InChI=1S/C18H16BrN3O3S/c19-14-4-8-15(9-5-14)21(18-20-10-1-11-26-18)12-17(23)13-2-6-16(7-3-13)22(24)25/h2-9H,1,10-12H2. The molecule has 26 heavy (non-hydrogen) atoms. The van der Waals surface area contributed by atoms with Crippen LogP contribution in [-0.2, 0) is 0 Å². The Labute approximate surface area is 163 Å². The predicted octanol–water partition coefficient (Wildman–Crippen LogP) is 4.54. The Hall–Kier alpha value is -2.19. The Balaban J connectivity index is 1.84. The van der Waals surface area contributed by atoms with E-state index in [1.165, 1.54) is 24.3 Å². The first-order valence-electron chi connectivity index (χ1n) is 8.02. The van der Waals surface area contributed by atoms with E-state index < -0.39 is 4.92 Å². The van der Waals surface area contributed by atoms with Crippen molar-refractivity contribution in [3.63, 3.8) is 0 Å². The fourth-order valence-electron chi connectivity index (χ4n) is 2.51. The summed E-state index contributed by atoms with van der Waals surface area (Å²) in [6, 6.07) is 13.4. The fourth-order valence-corrected chi connectivity index (χ4v) is 3.73. The molecule has 0 unspecified atom stereocenters. The van der Waals surface area contributed by atoms with Crippen LogP contribution in [0.3, 0.4) is 0 Å². The van der Waals surface area contributed by atoms with Gasteiger partial charge in [0.1, 0.15) is 0 Å². The van der Waals surface area contributed by atoms with Crippen LogP contribution in [0.4, 0.5) is 11.4 Å². The summed E-state index contributed by atoms with van der Waals surface area (Å²) in [5.74, 6) is 0.856. The van der Waals surface area contributed by atoms with Crippen molar-refractivity contribution >= 4 is 50.0 Å².